The molecule has 1 saturated carbocycles. The molecular weight excluding hydrogens is 342 g/mol. The molecule has 0 unspecified atom stereocenters. The summed E-state index contributed by atoms with van der Waals surface area (Å²) < 4.78 is 1.78. The number of aromatic amines is 1. The Morgan fingerprint density at radius 2 is 2.19 bits per heavy atom. The lowest BCUT2D eigenvalue weighted by atomic mass is 10.1. The zero-order valence-corrected chi connectivity index (χ0v) is 15.1. The minimum absolute atomic E-state index is 0.118. The molecule has 1 aromatic carbocycles. The molecule has 1 fully saturated rings. The Bertz CT molecular complexity index is 1080. The molecule has 8 nitrogen and oxygen atoms in total. The summed E-state index contributed by atoms with van der Waals surface area (Å²) in [7, 11) is 0. The number of hydrogen-bond acceptors (Lipinski definition) is 5. The summed E-state index contributed by atoms with van der Waals surface area (Å²) in [5.74, 6) is 1.35. The lowest BCUT2D eigenvalue weighted by Gasteiger charge is -2.10. The quantitative estimate of drug-likeness (QED) is 0.522. The molecular formula is C19H20N7O+. The zero-order chi connectivity index (χ0) is 19.0. The number of aromatic nitrogens is 3. The molecule has 8 heteroatoms. The Morgan fingerprint density at radius 3 is 2.89 bits per heavy atom. The van der Waals surface area contributed by atoms with Gasteiger partial charge in [0.25, 0.3) is 0 Å². The van der Waals surface area contributed by atoms with E-state index >= 15 is 0 Å². The van der Waals surface area contributed by atoms with Gasteiger partial charge in [0.1, 0.15) is 11.6 Å². The van der Waals surface area contributed by atoms with Gasteiger partial charge in [0.05, 0.1) is 18.3 Å². The Kier molecular flexibility index (Phi) is 4.12. The normalized spacial score (nSPS) is 13.2. The molecule has 3 aromatic rings. The number of carbonyl (C=O) groups is 1. The van der Waals surface area contributed by atoms with E-state index in [0.29, 0.717) is 23.1 Å². The van der Waals surface area contributed by atoms with Crippen LogP contribution in [-0.2, 0) is 4.79 Å². The molecule has 0 bridgehead atoms. The van der Waals surface area contributed by atoms with Gasteiger partial charge in [0, 0.05) is 18.3 Å². The minimum Gasteiger partial charge on any atom is -0.326 e. The number of hydrogen-bond donors (Lipinski definition) is 4. The van der Waals surface area contributed by atoms with E-state index in [1.807, 2.05) is 31.2 Å². The molecule has 2 heterocycles. The number of carbonyl (C=O) groups excluding carboxylic acids is 1. The molecule has 4 rings (SSSR count). The molecule has 136 valence electrons. The number of nitrogens with one attached hydrogen (secondary N) is 4. The van der Waals surface area contributed by atoms with Gasteiger partial charge < -0.3 is 16.0 Å². The van der Waals surface area contributed by atoms with Gasteiger partial charge in [0.2, 0.25) is 17.5 Å². The third-order valence-electron chi connectivity index (χ3n) is 4.40. The van der Waals surface area contributed by atoms with Crippen LogP contribution in [0.15, 0.2) is 30.5 Å². The Hall–Kier alpha value is -3.60. The first-order valence-corrected chi connectivity index (χ1v) is 8.79. The van der Waals surface area contributed by atoms with Gasteiger partial charge in [-0.05, 0) is 37.5 Å². The Labute approximate surface area is 156 Å². The van der Waals surface area contributed by atoms with Crippen LogP contribution in [0.25, 0.3) is 5.65 Å². The fourth-order valence-electron chi connectivity index (χ4n) is 2.87. The molecule has 0 saturated heterocycles. The van der Waals surface area contributed by atoms with Crippen molar-refractivity contribution in [2.45, 2.75) is 32.7 Å². The van der Waals surface area contributed by atoms with Crippen molar-refractivity contribution in [2.24, 2.45) is 0 Å². The van der Waals surface area contributed by atoms with Crippen molar-refractivity contribution >= 4 is 34.6 Å². The first kappa shape index (κ1) is 16.8. The van der Waals surface area contributed by atoms with Crippen LogP contribution >= 0.6 is 0 Å². The molecule has 0 atom stereocenters. The Morgan fingerprint density at radius 1 is 1.37 bits per heavy atom. The number of fused-ring (bicyclic) bond motifs is 1. The average Bonchev–Trinajstić information content (AvgIpc) is 3.34. The van der Waals surface area contributed by atoms with Crippen molar-refractivity contribution in [3.05, 3.63) is 41.6 Å². The molecule has 4 N–H and O–H groups in total. The number of benzene rings is 1. The van der Waals surface area contributed by atoms with Crippen molar-refractivity contribution in [1.29, 1.82) is 5.26 Å². The van der Waals surface area contributed by atoms with Crippen LogP contribution in [0.5, 0.6) is 0 Å². The van der Waals surface area contributed by atoms with E-state index in [9.17, 15) is 10.1 Å². The molecule has 0 aliphatic heterocycles. The predicted molar refractivity (Wildman–Crippen MR) is 102 cm³/mol. The number of nitrogens with zero attached hydrogens (tertiary/aromatic N) is 3. The molecule has 2 aromatic heterocycles. The monoisotopic (exact) mass is 362 g/mol. The van der Waals surface area contributed by atoms with E-state index in [2.05, 4.69) is 32.1 Å². The first-order valence-electron chi connectivity index (χ1n) is 8.79. The topological polar surface area (TPSA) is 110 Å². The van der Waals surface area contributed by atoms with Crippen LogP contribution in [0, 0.1) is 18.3 Å². The lowest BCUT2D eigenvalue weighted by molar-refractivity contribution is -0.564. The summed E-state index contributed by atoms with van der Waals surface area (Å²) >= 11 is 0. The van der Waals surface area contributed by atoms with Crippen LogP contribution in [-0.4, -0.2) is 22.0 Å². The molecule has 1 aliphatic carbocycles. The molecule has 1 amide bonds. The highest BCUT2D eigenvalue weighted by Gasteiger charge is 2.28. The largest absolute Gasteiger partial charge is 0.326 e. The van der Waals surface area contributed by atoms with Gasteiger partial charge in [-0.25, -0.2) is 5.10 Å². The van der Waals surface area contributed by atoms with E-state index in [4.69, 9.17) is 0 Å². The standard InChI is InChI=1S/C19H19N7O/c1-11-3-4-15(7-16(11)22-12(2)27)23-17-8-18(24-14-5-6-14)26-19(25-17)13(9-20)10-21-26/h3-4,7-8,10,14H,5-6H2,1-2H3,(H3,21,22,23,24,25,27)/p+1. The van der Waals surface area contributed by atoms with E-state index in [1.165, 1.54) is 6.92 Å². The summed E-state index contributed by atoms with van der Waals surface area (Å²) in [6, 6.07) is 10.2. The van der Waals surface area contributed by atoms with Gasteiger partial charge in [0.15, 0.2) is 0 Å². The highest BCUT2D eigenvalue weighted by atomic mass is 16.1. The number of rotatable bonds is 5. The second-order valence-electron chi connectivity index (χ2n) is 6.74. The predicted octanol–water partition coefficient (Wildman–Crippen LogP) is 2.60. The van der Waals surface area contributed by atoms with Gasteiger partial charge in [-0.15, -0.1) is 4.52 Å². The summed E-state index contributed by atoms with van der Waals surface area (Å²) in [4.78, 5) is 16.0. The van der Waals surface area contributed by atoms with Crippen LogP contribution in [0.3, 0.4) is 0 Å². The van der Waals surface area contributed by atoms with Crippen molar-refractivity contribution in [3.8, 4) is 6.07 Å². The van der Waals surface area contributed by atoms with Gasteiger partial charge in [-0.3, -0.25) is 4.79 Å². The fraction of sp³-hybridized carbons (Fsp3) is 0.263. The summed E-state index contributed by atoms with van der Waals surface area (Å²) in [6.07, 6.45) is 3.92. The van der Waals surface area contributed by atoms with Crippen molar-refractivity contribution < 1.29 is 9.31 Å². The van der Waals surface area contributed by atoms with Crippen molar-refractivity contribution in [1.82, 2.24) is 10.1 Å². The number of aryl methyl sites for hydroxylation is 1. The lowest BCUT2D eigenvalue weighted by Crippen LogP contribution is -2.30. The van der Waals surface area contributed by atoms with Gasteiger partial charge in [-0.2, -0.15) is 5.26 Å². The maximum absolute atomic E-state index is 11.4. The van der Waals surface area contributed by atoms with Crippen LogP contribution < -0.4 is 20.5 Å². The third-order valence-corrected chi connectivity index (χ3v) is 4.40. The van der Waals surface area contributed by atoms with Crippen molar-refractivity contribution in [2.75, 3.05) is 16.0 Å². The summed E-state index contributed by atoms with van der Waals surface area (Å²) in [5, 5.41) is 22.0. The van der Waals surface area contributed by atoms with E-state index in [-0.39, 0.29) is 5.91 Å². The maximum Gasteiger partial charge on any atom is 0.306 e. The van der Waals surface area contributed by atoms with Crippen molar-refractivity contribution in [3.63, 3.8) is 0 Å². The number of anilines is 4. The zero-order valence-electron chi connectivity index (χ0n) is 15.1. The van der Waals surface area contributed by atoms with Gasteiger partial charge >= 0.3 is 5.65 Å². The van der Waals surface area contributed by atoms with E-state index in [0.717, 1.165) is 35.6 Å². The van der Waals surface area contributed by atoms with Gasteiger partial charge in [-0.1, -0.05) is 11.1 Å². The Balaban J connectivity index is 1.71. The van der Waals surface area contributed by atoms with Crippen LogP contribution in [0.2, 0.25) is 0 Å². The first-order chi connectivity index (χ1) is 13.0. The molecule has 0 radical (unpaired) electrons. The number of amides is 1. The molecule has 27 heavy (non-hydrogen) atoms. The number of nitriles is 1. The second-order valence-corrected chi connectivity index (χ2v) is 6.74. The SMILES string of the molecule is CC(=O)Nc1cc(Nc2cc(NC3CC3)[n+]3[nH]cc(C#N)c3n2)ccc1C. The molecule has 0 spiro atoms. The van der Waals surface area contributed by atoms with E-state index in [1.54, 1.807) is 10.7 Å². The van der Waals surface area contributed by atoms with Crippen LogP contribution in [0.4, 0.5) is 23.0 Å². The smallest absolute Gasteiger partial charge is 0.306 e. The second kappa shape index (κ2) is 6.61. The third kappa shape index (κ3) is 3.53. The van der Waals surface area contributed by atoms with Crippen LogP contribution in [0.1, 0.15) is 30.9 Å². The minimum atomic E-state index is -0.118. The summed E-state index contributed by atoms with van der Waals surface area (Å²) in [5.41, 5.74) is 3.55. The average molecular weight is 362 g/mol. The summed E-state index contributed by atoms with van der Waals surface area (Å²) in [6.45, 7) is 3.42. The highest BCUT2D eigenvalue weighted by molar-refractivity contribution is 5.90. The maximum atomic E-state index is 11.4. The fourth-order valence-corrected chi connectivity index (χ4v) is 2.87. The highest BCUT2D eigenvalue weighted by Crippen LogP contribution is 2.26. The van der Waals surface area contributed by atoms with E-state index < -0.39 is 0 Å². The molecule has 1 aliphatic rings. The number of H-pyrrole nitrogens is 1.